The first-order chi connectivity index (χ1) is 4.54. The van der Waals surface area contributed by atoms with Gasteiger partial charge in [0.2, 0.25) is 0 Å². The fourth-order valence-electron chi connectivity index (χ4n) is 0.589. The molecule has 0 aliphatic carbocycles. The normalized spacial score (nSPS) is 19.6. The van der Waals surface area contributed by atoms with Gasteiger partial charge in [-0.25, -0.2) is 0 Å². The molecule has 0 radical (unpaired) electrons. The minimum absolute atomic E-state index is 0.113. The molecule has 0 aromatic rings. The molecule has 0 aliphatic heterocycles. The molecule has 3 heteroatoms. The Morgan fingerprint density at radius 1 is 1.80 bits per heavy atom. The first kappa shape index (κ1) is 9.59. The summed E-state index contributed by atoms with van der Waals surface area (Å²) in [6.07, 6.45) is 0.495. The van der Waals surface area contributed by atoms with Crippen molar-refractivity contribution in [2.75, 3.05) is 7.11 Å². The maximum atomic E-state index is 10.0. The maximum Gasteiger partial charge on any atom is 0.122 e. The zero-order valence-corrected chi connectivity index (χ0v) is 6.63. The molecular formula is C7H14O3. The molecule has 3 nitrogen and oxygen atoms in total. The second-order valence-corrected chi connectivity index (χ2v) is 2.61. The van der Waals surface area contributed by atoms with Gasteiger partial charge in [-0.15, -0.1) is 0 Å². The van der Waals surface area contributed by atoms with E-state index < -0.39 is 5.60 Å². The van der Waals surface area contributed by atoms with Gasteiger partial charge >= 0.3 is 0 Å². The molecule has 0 heterocycles. The van der Waals surface area contributed by atoms with E-state index in [1.165, 1.54) is 7.11 Å². The van der Waals surface area contributed by atoms with E-state index >= 15 is 0 Å². The Morgan fingerprint density at radius 2 is 2.30 bits per heavy atom. The molecule has 0 saturated carbocycles. The highest BCUT2D eigenvalue weighted by Gasteiger charge is 2.27. The number of rotatable bonds is 4. The SMILES string of the molecule is COC(C)C(C)(O)CC=O. The fourth-order valence-corrected chi connectivity index (χ4v) is 0.589. The van der Waals surface area contributed by atoms with E-state index in [0.29, 0.717) is 6.29 Å². The molecule has 0 aliphatic rings. The summed E-state index contributed by atoms with van der Waals surface area (Å²) >= 11 is 0. The first-order valence-corrected chi connectivity index (χ1v) is 3.23. The highest BCUT2D eigenvalue weighted by atomic mass is 16.5. The second-order valence-electron chi connectivity index (χ2n) is 2.61. The Labute approximate surface area is 61.0 Å². The van der Waals surface area contributed by atoms with Gasteiger partial charge in [0, 0.05) is 13.5 Å². The van der Waals surface area contributed by atoms with Crippen molar-refractivity contribution in [2.24, 2.45) is 0 Å². The number of ether oxygens (including phenoxy) is 1. The summed E-state index contributed by atoms with van der Waals surface area (Å²) in [5, 5.41) is 9.43. The third-order valence-electron chi connectivity index (χ3n) is 1.73. The summed E-state index contributed by atoms with van der Waals surface area (Å²) in [5.74, 6) is 0. The standard InChI is InChI=1S/C7H14O3/c1-6(10-3)7(2,9)4-5-8/h5-6,9H,4H2,1-3H3. The van der Waals surface area contributed by atoms with E-state index in [4.69, 9.17) is 4.74 Å². The lowest BCUT2D eigenvalue weighted by molar-refractivity contribution is -0.119. The lowest BCUT2D eigenvalue weighted by Crippen LogP contribution is -2.38. The molecule has 0 spiro atoms. The Morgan fingerprint density at radius 3 is 2.60 bits per heavy atom. The van der Waals surface area contributed by atoms with E-state index in [2.05, 4.69) is 0 Å². The largest absolute Gasteiger partial charge is 0.387 e. The van der Waals surface area contributed by atoms with Crippen LogP contribution in [0.3, 0.4) is 0 Å². The number of carbonyl (C=O) groups is 1. The number of carbonyl (C=O) groups excluding carboxylic acids is 1. The average molecular weight is 146 g/mol. The van der Waals surface area contributed by atoms with Gasteiger partial charge in [0.1, 0.15) is 6.29 Å². The first-order valence-electron chi connectivity index (χ1n) is 3.23. The van der Waals surface area contributed by atoms with Gasteiger partial charge in [-0.1, -0.05) is 0 Å². The molecule has 0 amide bonds. The van der Waals surface area contributed by atoms with Crippen LogP contribution in [0.15, 0.2) is 0 Å². The molecule has 60 valence electrons. The second kappa shape index (κ2) is 3.68. The molecule has 2 unspecified atom stereocenters. The zero-order valence-electron chi connectivity index (χ0n) is 6.63. The third-order valence-corrected chi connectivity index (χ3v) is 1.73. The average Bonchev–Trinajstić information content (AvgIpc) is 1.86. The predicted molar refractivity (Wildman–Crippen MR) is 37.8 cm³/mol. The van der Waals surface area contributed by atoms with Crippen molar-refractivity contribution in [3.8, 4) is 0 Å². The van der Waals surface area contributed by atoms with Gasteiger partial charge in [0.05, 0.1) is 11.7 Å². The minimum Gasteiger partial charge on any atom is -0.387 e. The van der Waals surface area contributed by atoms with Crippen LogP contribution in [0.5, 0.6) is 0 Å². The Kier molecular flexibility index (Phi) is 3.53. The Hall–Kier alpha value is -0.410. The van der Waals surface area contributed by atoms with E-state index in [9.17, 15) is 9.90 Å². The third kappa shape index (κ3) is 2.45. The number of hydrogen-bond donors (Lipinski definition) is 1. The summed E-state index contributed by atoms with van der Waals surface area (Å²) in [6.45, 7) is 3.30. The van der Waals surface area contributed by atoms with Crippen LogP contribution in [0, 0.1) is 0 Å². The molecule has 0 aromatic heterocycles. The van der Waals surface area contributed by atoms with Crippen LogP contribution in [0.2, 0.25) is 0 Å². The summed E-state index contributed by atoms with van der Waals surface area (Å²) in [4.78, 5) is 10.0. The number of aldehydes is 1. The zero-order chi connectivity index (χ0) is 8.20. The summed E-state index contributed by atoms with van der Waals surface area (Å²) in [5.41, 5.74) is -1.03. The van der Waals surface area contributed by atoms with Crippen molar-refractivity contribution in [1.82, 2.24) is 0 Å². The number of aliphatic hydroxyl groups is 1. The molecule has 0 fully saturated rings. The van der Waals surface area contributed by atoms with Gasteiger partial charge in [0.15, 0.2) is 0 Å². The van der Waals surface area contributed by atoms with Gasteiger partial charge in [0.25, 0.3) is 0 Å². The fraction of sp³-hybridized carbons (Fsp3) is 0.857. The minimum atomic E-state index is -1.03. The number of methoxy groups -OCH3 is 1. The quantitative estimate of drug-likeness (QED) is 0.582. The van der Waals surface area contributed by atoms with Crippen LogP contribution in [0.4, 0.5) is 0 Å². The lowest BCUT2D eigenvalue weighted by Gasteiger charge is -2.26. The molecule has 0 aromatic carbocycles. The van der Waals surface area contributed by atoms with E-state index in [-0.39, 0.29) is 12.5 Å². The predicted octanol–water partition coefficient (Wildman–Crippen LogP) is 0.361. The molecule has 0 saturated heterocycles. The highest BCUT2D eigenvalue weighted by molar-refractivity contribution is 5.51. The van der Waals surface area contributed by atoms with E-state index in [1.54, 1.807) is 13.8 Å². The monoisotopic (exact) mass is 146 g/mol. The van der Waals surface area contributed by atoms with Crippen LogP contribution in [-0.4, -0.2) is 30.2 Å². The molecule has 1 N–H and O–H groups in total. The van der Waals surface area contributed by atoms with Crippen molar-refractivity contribution in [1.29, 1.82) is 0 Å². The molecule has 0 rings (SSSR count). The smallest absolute Gasteiger partial charge is 0.122 e. The van der Waals surface area contributed by atoms with Gasteiger partial charge in [-0.05, 0) is 13.8 Å². The van der Waals surface area contributed by atoms with Crippen LogP contribution >= 0.6 is 0 Å². The highest BCUT2D eigenvalue weighted by Crippen LogP contribution is 2.14. The van der Waals surface area contributed by atoms with Gasteiger partial charge in [-0.3, -0.25) is 0 Å². The topological polar surface area (TPSA) is 46.5 Å². The summed E-state index contributed by atoms with van der Waals surface area (Å²) in [6, 6.07) is 0. The van der Waals surface area contributed by atoms with Gasteiger partial charge < -0.3 is 14.6 Å². The Balaban J connectivity index is 3.94. The number of hydrogen-bond acceptors (Lipinski definition) is 3. The molecule has 0 bridgehead atoms. The summed E-state index contributed by atoms with van der Waals surface area (Å²) in [7, 11) is 1.50. The van der Waals surface area contributed by atoms with Crippen molar-refractivity contribution >= 4 is 6.29 Å². The van der Waals surface area contributed by atoms with E-state index in [0.717, 1.165) is 0 Å². The van der Waals surface area contributed by atoms with Crippen LogP contribution in [0.1, 0.15) is 20.3 Å². The van der Waals surface area contributed by atoms with Crippen molar-refractivity contribution < 1.29 is 14.6 Å². The van der Waals surface area contributed by atoms with Crippen molar-refractivity contribution in [3.63, 3.8) is 0 Å². The van der Waals surface area contributed by atoms with Crippen molar-refractivity contribution in [2.45, 2.75) is 32.0 Å². The van der Waals surface area contributed by atoms with E-state index in [1.807, 2.05) is 0 Å². The van der Waals surface area contributed by atoms with Gasteiger partial charge in [-0.2, -0.15) is 0 Å². The van der Waals surface area contributed by atoms with Crippen LogP contribution in [0.25, 0.3) is 0 Å². The molecule has 10 heavy (non-hydrogen) atoms. The Bertz CT molecular complexity index is 109. The maximum absolute atomic E-state index is 10.0. The van der Waals surface area contributed by atoms with Crippen LogP contribution < -0.4 is 0 Å². The summed E-state index contributed by atoms with van der Waals surface area (Å²) < 4.78 is 4.86. The van der Waals surface area contributed by atoms with Crippen molar-refractivity contribution in [3.05, 3.63) is 0 Å². The molecule has 2 atom stereocenters. The molecular weight excluding hydrogens is 132 g/mol. The van der Waals surface area contributed by atoms with Crippen LogP contribution in [-0.2, 0) is 9.53 Å². The lowest BCUT2D eigenvalue weighted by atomic mass is 9.97.